The summed E-state index contributed by atoms with van der Waals surface area (Å²) in [7, 11) is -3.58. The van der Waals surface area contributed by atoms with Gasteiger partial charge in [-0.3, -0.25) is 9.59 Å². The monoisotopic (exact) mass is 328 g/mol. The van der Waals surface area contributed by atoms with Gasteiger partial charge in [0.25, 0.3) is 0 Å². The van der Waals surface area contributed by atoms with Gasteiger partial charge in [-0.25, -0.2) is 13.1 Å². The molecule has 1 rings (SSSR count). The molecule has 1 aromatic rings. The maximum Gasteiger partial charge on any atom is 0.303 e. The summed E-state index contributed by atoms with van der Waals surface area (Å²) in [6, 6.07) is 5.53. The van der Waals surface area contributed by atoms with Crippen LogP contribution >= 0.6 is 0 Å². The Morgan fingerprint density at radius 3 is 2.27 bits per heavy atom. The lowest BCUT2D eigenvalue weighted by Crippen LogP contribution is -2.31. The molecule has 0 aliphatic heterocycles. The lowest BCUT2D eigenvalue weighted by molar-refractivity contribution is -0.138. The fourth-order valence-corrected chi connectivity index (χ4v) is 2.90. The zero-order valence-corrected chi connectivity index (χ0v) is 13.3. The Kier molecular flexibility index (Phi) is 6.51. The van der Waals surface area contributed by atoms with E-state index in [2.05, 4.69) is 10.0 Å². The Morgan fingerprint density at radius 2 is 1.77 bits per heavy atom. The zero-order valence-electron chi connectivity index (χ0n) is 12.5. The lowest BCUT2D eigenvalue weighted by Gasteiger charge is -2.12. The summed E-state index contributed by atoms with van der Waals surface area (Å²) in [5.41, 5.74) is 0.415. The molecule has 3 N–H and O–H groups in total. The first-order valence-electron chi connectivity index (χ1n) is 6.88. The van der Waals surface area contributed by atoms with Gasteiger partial charge in [-0.1, -0.05) is 6.92 Å². The molecule has 122 valence electrons. The third kappa shape index (κ3) is 5.82. The van der Waals surface area contributed by atoms with Crippen LogP contribution in [0, 0.1) is 0 Å². The van der Waals surface area contributed by atoms with Crippen LogP contribution in [-0.4, -0.2) is 31.4 Å². The van der Waals surface area contributed by atoms with E-state index >= 15 is 0 Å². The normalized spacial score (nSPS) is 12.6. The first kappa shape index (κ1) is 18.1. The SMILES string of the molecule is CCC(C)NS(=O)(=O)c1ccc(NC(=O)CCC(=O)O)cc1. The molecule has 1 atom stereocenters. The number of sulfonamides is 1. The largest absolute Gasteiger partial charge is 0.481 e. The molecule has 7 nitrogen and oxygen atoms in total. The van der Waals surface area contributed by atoms with Gasteiger partial charge >= 0.3 is 5.97 Å². The summed E-state index contributed by atoms with van der Waals surface area (Å²) in [4.78, 5) is 22.0. The minimum atomic E-state index is -3.58. The summed E-state index contributed by atoms with van der Waals surface area (Å²) in [6.07, 6.45) is 0.291. The Balaban J connectivity index is 2.70. The van der Waals surface area contributed by atoms with E-state index in [0.717, 1.165) is 0 Å². The van der Waals surface area contributed by atoms with Crippen molar-refractivity contribution >= 4 is 27.6 Å². The quantitative estimate of drug-likeness (QED) is 0.670. The van der Waals surface area contributed by atoms with E-state index in [4.69, 9.17) is 5.11 Å². The van der Waals surface area contributed by atoms with Crippen molar-refractivity contribution in [2.45, 2.75) is 44.0 Å². The minimum absolute atomic E-state index is 0.108. The molecule has 0 fully saturated rings. The van der Waals surface area contributed by atoms with Crippen LogP contribution in [0.25, 0.3) is 0 Å². The molecule has 22 heavy (non-hydrogen) atoms. The molecule has 0 aromatic heterocycles. The lowest BCUT2D eigenvalue weighted by atomic mass is 10.2. The van der Waals surface area contributed by atoms with Crippen molar-refractivity contribution in [3.63, 3.8) is 0 Å². The molecule has 0 saturated carbocycles. The molecule has 0 bridgehead atoms. The first-order chi connectivity index (χ1) is 10.2. The highest BCUT2D eigenvalue weighted by atomic mass is 32.2. The van der Waals surface area contributed by atoms with Crippen LogP contribution in [0.4, 0.5) is 5.69 Å². The number of aliphatic carboxylic acids is 1. The number of rotatable bonds is 8. The number of benzene rings is 1. The highest BCUT2D eigenvalue weighted by Gasteiger charge is 2.16. The predicted octanol–water partition coefficient (Wildman–Crippen LogP) is 1.57. The average Bonchev–Trinajstić information content (AvgIpc) is 2.45. The van der Waals surface area contributed by atoms with Crippen LogP contribution in [-0.2, 0) is 19.6 Å². The second kappa shape index (κ2) is 7.90. The van der Waals surface area contributed by atoms with Gasteiger partial charge in [-0.05, 0) is 37.6 Å². The van der Waals surface area contributed by atoms with Gasteiger partial charge in [-0.15, -0.1) is 0 Å². The van der Waals surface area contributed by atoms with Crippen molar-refractivity contribution in [3.8, 4) is 0 Å². The van der Waals surface area contributed by atoms with Crippen molar-refractivity contribution in [1.82, 2.24) is 4.72 Å². The fraction of sp³-hybridized carbons (Fsp3) is 0.429. The van der Waals surface area contributed by atoms with E-state index in [9.17, 15) is 18.0 Å². The van der Waals surface area contributed by atoms with Gasteiger partial charge < -0.3 is 10.4 Å². The first-order valence-corrected chi connectivity index (χ1v) is 8.37. The summed E-state index contributed by atoms with van der Waals surface area (Å²) < 4.78 is 26.6. The van der Waals surface area contributed by atoms with Crippen LogP contribution < -0.4 is 10.0 Å². The topological polar surface area (TPSA) is 113 Å². The number of anilines is 1. The molecule has 0 saturated heterocycles. The van der Waals surface area contributed by atoms with Gasteiger partial charge in [0.15, 0.2) is 0 Å². The highest BCUT2D eigenvalue weighted by Crippen LogP contribution is 2.15. The van der Waals surface area contributed by atoms with E-state index in [1.165, 1.54) is 24.3 Å². The molecule has 0 aliphatic carbocycles. The van der Waals surface area contributed by atoms with Crippen LogP contribution in [0.2, 0.25) is 0 Å². The van der Waals surface area contributed by atoms with Crippen molar-refractivity contribution in [2.75, 3.05) is 5.32 Å². The van der Waals surface area contributed by atoms with Crippen molar-refractivity contribution in [3.05, 3.63) is 24.3 Å². The second-order valence-corrected chi connectivity index (χ2v) is 6.61. The zero-order chi connectivity index (χ0) is 16.8. The van der Waals surface area contributed by atoms with Gasteiger partial charge in [0.2, 0.25) is 15.9 Å². The van der Waals surface area contributed by atoms with E-state index in [1.54, 1.807) is 6.92 Å². The van der Waals surface area contributed by atoms with Crippen molar-refractivity contribution in [1.29, 1.82) is 0 Å². The molecule has 0 spiro atoms. The summed E-state index contributed by atoms with van der Waals surface area (Å²) in [6.45, 7) is 3.65. The number of amides is 1. The Labute approximate surface area is 129 Å². The van der Waals surface area contributed by atoms with Crippen LogP contribution in [0.5, 0.6) is 0 Å². The van der Waals surface area contributed by atoms with E-state index in [1.807, 2.05) is 6.92 Å². The van der Waals surface area contributed by atoms with Crippen molar-refractivity contribution in [2.24, 2.45) is 0 Å². The fourth-order valence-electron chi connectivity index (χ4n) is 1.58. The molecule has 1 aromatic carbocycles. The average molecular weight is 328 g/mol. The molecule has 0 radical (unpaired) electrons. The van der Waals surface area contributed by atoms with E-state index in [0.29, 0.717) is 12.1 Å². The number of hydrogen-bond acceptors (Lipinski definition) is 4. The summed E-state index contributed by atoms with van der Waals surface area (Å²) in [5.74, 6) is -1.48. The Hall–Kier alpha value is -1.93. The van der Waals surface area contributed by atoms with E-state index < -0.39 is 21.9 Å². The van der Waals surface area contributed by atoms with Gasteiger partial charge in [0.1, 0.15) is 0 Å². The summed E-state index contributed by atoms with van der Waals surface area (Å²) >= 11 is 0. The summed E-state index contributed by atoms with van der Waals surface area (Å²) in [5, 5.41) is 11.0. The standard InChI is InChI=1S/C14H20N2O5S/c1-3-10(2)16-22(20,21)12-6-4-11(5-7-12)15-13(17)8-9-14(18)19/h4-7,10,16H,3,8-9H2,1-2H3,(H,15,17)(H,18,19). The maximum absolute atomic E-state index is 12.0. The van der Waals surface area contributed by atoms with E-state index in [-0.39, 0.29) is 23.8 Å². The number of carbonyl (C=O) groups is 2. The number of carboxylic acid groups (broad SMARTS) is 1. The molecule has 0 aliphatic rings. The molecule has 1 amide bonds. The second-order valence-electron chi connectivity index (χ2n) is 4.90. The molecular formula is C14H20N2O5S. The number of hydrogen-bond donors (Lipinski definition) is 3. The molecule has 0 heterocycles. The number of carboxylic acids is 1. The number of nitrogens with one attached hydrogen (secondary N) is 2. The molecule has 8 heteroatoms. The van der Waals surface area contributed by atoms with Crippen LogP contribution in [0.15, 0.2) is 29.2 Å². The van der Waals surface area contributed by atoms with Crippen molar-refractivity contribution < 1.29 is 23.1 Å². The van der Waals surface area contributed by atoms with Gasteiger partial charge in [-0.2, -0.15) is 0 Å². The smallest absolute Gasteiger partial charge is 0.303 e. The minimum Gasteiger partial charge on any atom is -0.481 e. The Morgan fingerprint density at radius 1 is 1.18 bits per heavy atom. The third-order valence-electron chi connectivity index (χ3n) is 2.98. The maximum atomic E-state index is 12.0. The third-order valence-corrected chi connectivity index (χ3v) is 4.59. The van der Waals surface area contributed by atoms with Gasteiger partial charge in [0, 0.05) is 18.2 Å². The van der Waals surface area contributed by atoms with Crippen LogP contribution in [0.3, 0.4) is 0 Å². The molecule has 1 unspecified atom stereocenters. The van der Waals surface area contributed by atoms with Gasteiger partial charge in [0.05, 0.1) is 11.3 Å². The van der Waals surface area contributed by atoms with Crippen LogP contribution in [0.1, 0.15) is 33.1 Å². The predicted molar refractivity (Wildman–Crippen MR) is 82.0 cm³/mol. The highest BCUT2D eigenvalue weighted by molar-refractivity contribution is 7.89. The Bertz CT molecular complexity index is 625. The molecular weight excluding hydrogens is 308 g/mol. The number of carbonyl (C=O) groups excluding carboxylic acids is 1.